The molecule has 1 aromatic rings. The molecule has 0 bridgehead atoms. The van der Waals surface area contributed by atoms with Gasteiger partial charge in [0.2, 0.25) is 17.8 Å². The van der Waals surface area contributed by atoms with Gasteiger partial charge in [0, 0.05) is 0 Å². The highest BCUT2D eigenvalue weighted by Crippen LogP contribution is 2.27. The summed E-state index contributed by atoms with van der Waals surface area (Å²) in [4.78, 5) is 20.3. The smallest absolute Gasteiger partial charge is 0.234 e. The predicted octanol–water partition coefficient (Wildman–Crippen LogP) is 0.419. The molecule has 4 heterocycles. The van der Waals surface area contributed by atoms with Gasteiger partial charge in [-0.05, 0) is 20.8 Å². The SMILES string of the molecule is CC1COCN1c1nc(N2COCC2C)nc(N2COCC2C)n1. The molecule has 3 unspecified atom stereocenters. The zero-order chi connectivity index (χ0) is 16.7. The summed E-state index contributed by atoms with van der Waals surface area (Å²) in [6, 6.07) is 0.729. The molecule has 0 N–H and O–H groups in total. The first-order chi connectivity index (χ1) is 11.6. The Morgan fingerprint density at radius 2 is 0.917 bits per heavy atom. The van der Waals surface area contributed by atoms with Crippen molar-refractivity contribution in [2.45, 2.75) is 38.9 Å². The second-order valence-electron chi connectivity index (χ2n) is 6.69. The molecule has 3 atom stereocenters. The first-order valence-electron chi connectivity index (χ1n) is 8.42. The van der Waals surface area contributed by atoms with Crippen molar-refractivity contribution in [3.8, 4) is 0 Å². The maximum atomic E-state index is 5.55. The van der Waals surface area contributed by atoms with Gasteiger partial charge in [0.1, 0.15) is 20.2 Å². The minimum atomic E-state index is 0.243. The van der Waals surface area contributed by atoms with Crippen molar-refractivity contribution in [2.24, 2.45) is 0 Å². The third-order valence-electron chi connectivity index (χ3n) is 4.74. The van der Waals surface area contributed by atoms with E-state index in [1.54, 1.807) is 0 Å². The fraction of sp³-hybridized carbons (Fsp3) is 0.800. The molecule has 9 heteroatoms. The number of hydrogen-bond acceptors (Lipinski definition) is 9. The van der Waals surface area contributed by atoms with E-state index in [0.29, 0.717) is 57.9 Å². The fourth-order valence-electron chi connectivity index (χ4n) is 3.11. The third kappa shape index (κ3) is 2.76. The zero-order valence-electron chi connectivity index (χ0n) is 14.4. The van der Waals surface area contributed by atoms with Gasteiger partial charge in [0.05, 0.1) is 37.9 Å². The highest BCUT2D eigenvalue weighted by molar-refractivity contribution is 5.48. The van der Waals surface area contributed by atoms with Crippen molar-refractivity contribution < 1.29 is 14.2 Å². The van der Waals surface area contributed by atoms with Gasteiger partial charge in [-0.15, -0.1) is 0 Å². The molecule has 4 rings (SSSR count). The molecule has 3 aliphatic rings. The highest BCUT2D eigenvalue weighted by Gasteiger charge is 2.31. The van der Waals surface area contributed by atoms with E-state index in [1.165, 1.54) is 0 Å². The Kier molecular flexibility index (Phi) is 4.15. The minimum absolute atomic E-state index is 0.243. The monoisotopic (exact) mass is 336 g/mol. The van der Waals surface area contributed by atoms with Gasteiger partial charge in [0.25, 0.3) is 0 Å². The Hall–Kier alpha value is -1.71. The van der Waals surface area contributed by atoms with Crippen LogP contribution in [0.3, 0.4) is 0 Å². The average molecular weight is 336 g/mol. The Morgan fingerprint density at radius 1 is 0.625 bits per heavy atom. The van der Waals surface area contributed by atoms with Crippen LogP contribution in [0.25, 0.3) is 0 Å². The lowest BCUT2D eigenvalue weighted by Gasteiger charge is -2.26. The molecule has 3 saturated heterocycles. The Bertz CT molecular complexity index is 509. The van der Waals surface area contributed by atoms with Gasteiger partial charge in [0.15, 0.2) is 0 Å². The van der Waals surface area contributed by atoms with Gasteiger partial charge in [-0.2, -0.15) is 15.0 Å². The molecule has 0 aliphatic carbocycles. The first kappa shape index (κ1) is 15.8. The lowest BCUT2D eigenvalue weighted by molar-refractivity contribution is 0.194. The van der Waals surface area contributed by atoms with E-state index in [9.17, 15) is 0 Å². The second kappa shape index (κ2) is 6.30. The van der Waals surface area contributed by atoms with Gasteiger partial charge >= 0.3 is 0 Å². The number of aromatic nitrogens is 3. The van der Waals surface area contributed by atoms with Gasteiger partial charge in [-0.3, -0.25) is 0 Å². The van der Waals surface area contributed by atoms with Crippen molar-refractivity contribution in [3.05, 3.63) is 0 Å². The summed E-state index contributed by atoms with van der Waals surface area (Å²) in [5.41, 5.74) is 0. The lowest BCUT2D eigenvalue weighted by Crippen LogP contribution is -2.36. The zero-order valence-corrected chi connectivity index (χ0v) is 14.4. The molecular formula is C15H24N6O3. The quantitative estimate of drug-likeness (QED) is 0.780. The minimum Gasteiger partial charge on any atom is -0.359 e. The molecule has 0 amide bonds. The number of ether oxygens (including phenoxy) is 3. The van der Waals surface area contributed by atoms with Crippen molar-refractivity contribution in [1.29, 1.82) is 0 Å². The fourth-order valence-corrected chi connectivity index (χ4v) is 3.11. The van der Waals surface area contributed by atoms with Gasteiger partial charge in [-0.1, -0.05) is 0 Å². The molecule has 1 aromatic heterocycles. The van der Waals surface area contributed by atoms with Crippen LogP contribution in [0.1, 0.15) is 20.8 Å². The van der Waals surface area contributed by atoms with Gasteiger partial charge in [-0.25, -0.2) is 0 Å². The number of hydrogen-bond donors (Lipinski definition) is 0. The van der Waals surface area contributed by atoms with Crippen molar-refractivity contribution >= 4 is 17.8 Å². The van der Waals surface area contributed by atoms with E-state index in [2.05, 4.69) is 35.5 Å². The number of nitrogens with zero attached hydrogens (tertiary/aromatic N) is 6. The van der Waals surface area contributed by atoms with Crippen LogP contribution < -0.4 is 14.7 Å². The summed E-state index contributed by atoms with van der Waals surface area (Å²) < 4.78 is 16.6. The van der Waals surface area contributed by atoms with Gasteiger partial charge < -0.3 is 28.9 Å². The molecule has 0 spiro atoms. The van der Waals surface area contributed by atoms with E-state index in [4.69, 9.17) is 29.2 Å². The van der Waals surface area contributed by atoms with Crippen LogP contribution in [0.15, 0.2) is 0 Å². The molecule has 0 radical (unpaired) electrons. The van der Waals surface area contributed by atoms with Crippen molar-refractivity contribution in [2.75, 3.05) is 54.7 Å². The molecule has 3 aliphatic heterocycles. The maximum Gasteiger partial charge on any atom is 0.234 e. The van der Waals surface area contributed by atoms with Crippen molar-refractivity contribution in [3.63, 3.8) is 0 Å². The standard InChI is InChI=1S/C15H24N6O3/c1-10-4-22-7-19(10)13-16-14(20-8-23-5-11(20)2)18-15(17-13)21-9-24-6-12(21)3/h10-12H,4-9H2,1-3H3. The summed E-state index contributed by atoms with van der Waals surface area (Å²) in [6.07, 6.45) is 0. The number of rotatable bonds is 3. The molecule has 0 aromatic carbocycles. The van der Waals surface area contributed by atoms with Crippen molar-refractivity contribution in [1.82, 2.24) is 15.0 Å². The molecular weight excluding hydrogens is 312 g/mol. The second-order valence-corrected chi connectivity index (χ2v) is 6.69. The predicted molar refractivity (Wildman–Crippen MR) is 88.1 cm³/mol. The summed E-state index contributed by atoms with van der Waals surface area (Å²) in [5, 5.41) is 0. The van der Waals surface area contributed by atoms with E-state index in [1.807, 2.05) is 0 Å². The van der Waals surface area contributed by atoms with E-state index < -0.39 is 0 Å². The molecule has 9 nitrogen and oxygen atoms in total. The van der Waals surface area contributed by atoms with Crippen LogP contribution in [-0.4, -0.2) is 73.1 Å². The van der Waals surface area contributed by atoms with Crippen LogP contribution in [0.2, 0.25) is 0 Å². The summed E-state index contributed by atoms with van der Waals surface area (Å²) in [7, 11) is 0. The third-order valence-corrected chi connectivity index (χ3v) is 4.74. The normalized spacial score (nSPS) is 30.6. The van der Waals surface area contributed by atoms with E-state index in [-0.39, 0.29) is 18.1 Å². The Morgan fingerprint density at radius 3 is 1.12 bits per heavy atom. The largest absolute Gasteiger partial charge is 0.359 e. The van der Waals surface area contributed by atoms with Crippen LogP contribution in [0.4, 0.5) is 17.8 Å². The van der Waals surface area contributed by atoms with Crippen LogP contribution in [-0.2, 0) is 14.2 Å². The van der Waals surface area contributed by atoms with Crippen LogP contribution in [0, 0.1) is 0 Å². The first-order valence-corrected chi connectivity index (χ1v) is 8.42. The topological polar surface area (TPSA) is 76.1 Å². The Balaban J connectivity index is 1.72. The lowest BCUT2D eigenvalue weighted by atomic mass is 10.3. The van der Waals surface area contributed by atoms with Crippen LogP contribution in [0.5, 0.6) is 0 Å². The highest BCUT2D eigenvalue weighted by atomic mass is 16.5. The van der Waals surface area contributed by atoms with Crippen LogP contribution >= 0.6 is 0 Å². The summed E-state index contributed by atoms with van der Waals surface area (Å²) >= 11 is 0. The maximum absolute atomic E-state index is 5.55. The van der Waals surface area contributed by atoms with E-state index >= 15 is 0 Å². The molecule has 132 valence electrons. The summed E-state index contributed by atoms with van der Waals surface area (Å²) in [5.74, 6) is 1.95. The van der Waals surface area contributed by atoms with E-state index in [0.717, 1.165) is 0 Å². The summed E-state index contributed by atoms with van der Waals surface area (Å²) in [6.45, 7) is 9.89. The Labute approximate surface area is 141 Å². The average Bonchev–Trinajstić information content (AvgIpc) is 3.28. The molecule has 24 heavy (non-hydrogen) atoms. The molecule has 3 fully saturated rings. The number of anilines is 3. The molecule has 0 saturated carbocycles.